The van der Waals surface area contributed by atoms with Crippen molar-refractivity contribution in [1.82, 2.24) is 4.72 Å². The summed E-state index contributed by atoms with van der Waals surface area (Å²) in [5, 5.41) is 8.79. The van der Waals surface area contributed by atoms with E-state index in [1.807, 2.05) is 13.0 Å². The monoisotopic (exact) mass is 282 g/mol. The number of nitriles is 1. The quantitative estimate of drug-likeness (QED) is 0.824. The summed E-state index contributed by atoms with van der Waals surface area (Å²) in [5.74, 6) is 0. The molecule has 1 atom stereocenters. The second-order valence-electron chi connectivity index (χ2n) is 4.20. The summed E-state index contributed by atoms with van der Waals surface area (Å²) in [4.78, 5) is 0.101. The molecule has 0 radical (unpaired) electrons. The Morgan fingerprint density at radius 3 is 2.79 bits per heavy atom. The average molecular weight is 282 g/mol. The highest BCUT2D eigenvalue weighted by atomic mass is 32.2. The molecule has 1 unspecified atom stereocenters. The Morgan fingerprint density at radius 2 is 2.21 bits per heavy atom. The predicted octanol–water partition coefficient (Wildman–Crippen LogP) is 1.65. The van der Waals surface area contributed by atoms with Crippen molar-refractivity contribution in [1.29, 1.82) is 5.26 Å². The van der Waals surface area contributed by atoms with E-state index in [-0.39, 0.29) is 10.9 Å². The van der Waals surface area contributed by atoms with Gasteiger partial charge in [-0.1, -0.05) is 19.4 Å². The first kappa shape index (κ1) is 15.6. The Kier molecular flexibility index (Phi) is 5.96. The molecule has 0 saturated carbocycles. The molecular weight excluding hydrogens is 264 g/mol. The molecule has 0 aliphatic rings. The van der Waals surface area contributed by atoms with Crippen LogP contribution in [0.15, 0.2) is 29.2 Å². The van der Waals surface area contributed by atoms with Crippen LogP contribution in [-0.2, 0) is 14.8 Å². The third kappa shape index (κ3) is 4.63. The van der Waals surface area contributed by atoms with Gasteiger partial charge in [0.1, 0.15) is 0 Å². The van der Waals surface area contributed by atoms with Gasteiger partial charge in [-0.3, -0.25) is 0 Å². The second kappa shape index (κ2) is 7.24. The fourth-order valence-corrected chi connectivity index (χ4v) is 3.05. The lowest BCUT2D eigenvalue weighted by molar-refractivity contribution is 0.171. The first-order chi connectivity index (χ1) is 9.03. The highest BCUT2D eigenvalue weighted by molar-refractivity contribution is 7.89. The largest absolute Gasteiger partial charge is 0.383 e. The van der Waals surface area contributed by atoms with Crippen molar-refractivity contribution in [2.24, 2.45) is 0 Å². The molecule has 0 aliphatic heterocycles. The molecule has 0 saturated heterocycles. The summed E-state index contributed by atoms with van der Waals surface area (Å²) in [6.07, 6.45) is 1.56. The van der Waals surface area contributed by atoms with Gasteiger partial charge in [-0.15, -0.1) is 0 Å². The highest BCUT2D eigenvalue weighted by Gasteiger charge is 2.19. The van der Waals surface area contributed by atoms with Crippen molar-refractivity contribution in [3.8, 4) is 6.07 Å². The van der Waals surface area contributed by atoms with Crippen LogP contribution in [0.2, 0.25) is 0 Å². The van der Waals surface area contributed by atoms with Gasteiger partial charge in [-0.2, -0.15) is 5.26 Å². The molecule has 19 heavy (non-hydrogen) atoms. The van der Waals surface area contributed by atoms with E-state index < -0.39 is 10.0 Å². The van der Waals surface area contributed by atoms with Gasteiger partial charge < -0.3 is 4.74 Å². The van der Waals surface area contributed by atoms with Crippen LogP contribution in [0.3, 0.4) is 0 Å². The topological polar surface area (TPSA) is 79.2 Å². The van der Waals surface area contributed by atoms with Gasteiger partial charge in [0.15, 0.2) is 0 Å². The summed E-state index contributed by atoms with van der Waals surface area (Å²) < 4.78 is 32.0. The minimum atomic E-state index is -3.62. The molecule has 0 heterocycles. The van der Waals surface area contributed by atoms with Gasteiger partial charge in [0.2, 0.25) is 10.0 Å². The normalized spacial score (nSPS) is 12.9. The van der Waals surface area contributed by atoms with Crippen LogP contribution >= 0.6 is 0 Å². The van der Waals surface area contributed by atoms with Crippen molar-refractivity contribution >= 4 is 10.0 Å². The standard InChI is InChI=1S/C13H18N2O3S/c1-3-5-12(10-18-2)15-19(16,17)13-7-4-6-11(8-13)9-14/h4,6-8,12,15H,3,5,10H2,1-2H3. The molecule has 104 valence electrons. The maximum atomic E-state index is 12.2. The molecule has 1 aromatic carbocycles. The number of benzene rings is 1. The van der Waals surface area contributed by atoms with Gasteiger partial charge in [0.05, 0.1) is 23.1 Å². The van der Waals surface area contributed by atoms with E-state index in [1.165, 1.54) is 19.2 Å². The van der Waals surface area contributed by atoms with Crippen LogP contribution in [-0.4, -0.2) is 28.2 Å². The third-order valence-corrected chi connectivity index (χ3v) is 4.12. The molecule has 1 N–H and O–H groups in total. The van der Waals surface area contributed by atoms with Crippen molar-refractivity contribution in [2.75, 3.05) is 13.7 Å². The molecule has 0 spiro atoms. The van der Waals surface area contributed by atoms with E-state index in [1.54, 1.807) is 12.1 Å². The summed E-state index contributed by atoms with van der Waals surface area (Å²) in [6, 6.07) is 7.62. The molecule has 1 aromatic rings. The highest BCUT2D eigenvalue weighted by Crippen LogP contribution is 2.12. The summed E-state index contributed by atoms with van der Waals surface area (Å²) in [7, 11) is -2.08. The maximum absolute atomic E-state index is 12.2. The molecule has 5 nitrogen and oxygen atoms in total. The number of sulfonamides is 1. The number of ether oxygens (including phenoxy) is 1. The number of hydrogen-bond acceptors (Lipinski definition) is 4. The number of methoxy groups -OCH3 is 1. The lowest BCUT2D eigenvalue weighted by atomic mass is 10.2. The van der Waals surface area contributed by atoms with E-state index >= 15 is 0 Å². The Morgan fingerprint density at radius 1 is 1.47 bits per heavy atom. The Bertz CT molecular complexity index is 543. The van der Waals surface area contributed by atoms with Gasteiger partial charge >= 0.3 is 0 Å². The Labute approximate surface area is 114 Å². The van der Waals surface area contributed by atoms with E-state index in [9.17, 15) is 8.42 Å². The smallest absolute Gasteiger partial charge is 0.240 e. The van der Waals surface area contributed by atoms with E-state index in [4.69, 9.17) is 10.00 Å². The zero-order chi connectivity index (χ0) is 14.3. The lowest BCUT2D eigenvalue weighted by Gasteiger charge is -2.17. The minimum absolute atomic E-state index is 0.101. The first-order valence-electron chi connectivity index (χ1n) is 6.05. The summed E-state index contributed by atoms with van der Waals surface area (Å²) in [6.45, 7) is 2.30. The van der Waals surface area contributed by atoms with Crippen LogP contribution in [0.5, 0.6) is 0 Å². The van der Waals surface area contributed by atoms with Crippen LogP contribution < -0.4 is 4.72 Å². The maximum Gasteiger partial charge on any atom is 0.240 e. The van der Waals surface area contributed by atoms with Gasteiger partial charge in [-0.05, 0) is 24.6 Å². The molecule has 0 aliphatic carbocycles. The molecule has 0 amide bonds. The second-order valence-corrected chi connectivity index (χ2v) is 5.92. The number of nitrogens with one attached hydrogen (secondary N) is 1. The van der Waals surface area contributed by atoms with Crippen LogP contribution in [0.1, 0.15) is 25.3 Å². The Balaban J connectivity index is 2.93. The van der Waals surface area contributed by atoms with Crippen molar-refractivity contribution in [2.45, 2.75) is 30.7 Å². The molecule has 6 heteroatoms. The van der Waals surface area contributed by atoms with E-state index in [0.717, 1.165) is 6.42 Å². The molecule has 0 fully saturated rings. The molecule has 1 rings (SSSR count). The number of hydrogen-bond donors (Lipinski definition) is 1. The first-order valence-corrected chi connectivity index (χ1v) is 7.53. The fourth-order valence-electron chi connectivity index (χ4n) is 1.75. The SMILES string of the molecule is CCCC(COC)NS(=O)(=O)c1cccc(C#N)c1. The van der Waals surface area contributed by atoms with Gasteiger partial charge in [-0.25, -0.2) is 13.1 Å². The zero-order valence-electron chi connectivity index (χ0n) is 11.1. The van der Waals surface area contributed by atoms with Crippen LogP contribution in [0.4, 0.5) is 0 Å². The van der Waals surface area contributed by atoms with Crippen molar-refractivity contribution in [3.63, 3.8) is 0 Å². The van der Waals surface area contributed by atoms with Gasteiger partial charge in [0, 0.05) is 13.2 Å². The number of rotatable bonds is 7. The molecular formula is C13H18N2O3S. The van der Waals surface area contributed by atoms with E-state index in [0.29, 0.717) is 18.6 Å². The minimum Gasteiger partial charge on any atom is -0.383 e. The number of nitrogens with zero attached hydrogens (tertiary/aromatic N) is 1. The van der Waals surface area contributed by atoms with E-state index in [2.05, 4.69) is 4.72 Å². The Hall–Kier alpha value is -1.42. The molecule has 0 aromatic heterocycles. The van der Waals surface area contributed by atoms with Crippen LogP contribution in [0.25, 0.3) is 0 Å². The van der Waals surface area contributed by atoms with Crippen LogP contribution in [0, 0.1) is 11.3 Å². The predicted molar refractivity (Wildman–Crippen MR) is 72.1 cm³/mol. The van der Waals surface area contributed by atoms with Crippen molar-refractivity contribution in [3.05, 3.63) is 29.8 Å². The zero-order valence-corrected chi connectivity index (χ0v) is 11.9. The van der Waals surface area contributed by atoms with Gasteiger partial charge in [0.25, 0.3) is 0 Å². The molecule has 0 bridgehead atoms. The lowest BCUT2D eigenvalue weighted by Crippen LogP contribution is -2.37. The summed E-state index contributed by atoms with van der Waals surface area (Å²) >= 11 is 0. The fraction of sp³-hybridized carbons (Fsp3) is 0.462. The third-order valence-electron chi connectivity index (χ3n) is 2.60. The summed E-state index contributed by atoms with van der Waals surface area (Å²) in [5.41, 5.74) is 0.321. The van der Waals surface area contributed by atoms with Crippen molar-refractivity contribution < 1.29 is 13.2 Å². The average Bonchev–Trinajstić information content (AvgIpc) is 2.39.